The van der Waals surface area contributed by atoms with E-state index in [1.165, 1.54) is 0 Å². The molecule has 0 unspecified atom stereocenters. The van der Waals surface area contributed by atoms with Gasteiger partial charge in [0.05, 0.1) is 0 Å². The number of nitrogens with two attached hydrogens (primary N) is 1. The number of furan rings is 1. The Morgan fingerprint density at radius 3 is 2.73 bits per heavy atom. The van der Waals surface area contributed by atoms with Crippen LogP contribution >= 0.6 is 0 Å². The van der Waals surface area contributed by atoms with E-state index in [1.54, 1.807) is 0 Å². The number of benzene rings is 1. The van der Waals surface area contributed by atoms with Gasteiger partial charge in [-0.1, -0.05) is 18.2 Å². The van der Waals surface area contributed by atoms with E-state index in [9.17, 15) is 5.11 Å². The van der Waals surface area contributed by atoms with E-state index in [2.05, 4.69) is 0 Å². The van der Waals surface area contributed by atoms with Gasteiger partial charge in [-0.15, -0.1) is 0 Å². The van der Waals surface area contributed by atoms with Crippen LogP contribution in [0.5, 0.6) is 0 Å². The van der Waals surface area contributed by atoms with Crippen molar-refractivity contribution >= 4 is 11.0 Å². The topological polar surface area (TPSA) is 59.4 Å². The van der Waals surface area contributed by atoms with Gasteiger partial charge in [0, 0.05) is 11.4 Å². The number of hydrogen-bond donors (Lipinski definition) is 2. The van der Waals surface area contributed by atoms with Crippen molar-refractivity contribution in [3.05, 3.63) is 36.1 Å². The standard InChI is InChI=1S/C12H13NO2/c13-9-6-12(14,7-9)11-5-8-3-1-2-4-10(8)15-11/h1-5,9,14H,6-7,13H2. The van der Waals surface area contributed by atoms with Crippen molar-refractivity contribution < 1.29 is 9.52 Å². The molecule has 3 rings (SSSR count). The third-order valence-electron chi connectivity index (χ3n) is 3.08. The van der Waals surface area contributed by atoms with Gasteiger partial charge in [0.25, 0.3) is 0 Å². The molecule has 3 N–H and O–H groups in total. The van der Waals surface area contributed by atoms with E-state index in [0.29, 0.717) is 18.6 Å². The molecule has 0 aliphatic heterocycles. The van der Waals surface area contributed by atoms with Crippen LogP contribution in [0.2, 0.25) is 0 Å². The summed E-state index contributed by atoms with van der Waals surface area (Å²) in [4.78, 5) is 0. The summed E-state index contributed by atoms with van der Waals surface area (Å²) in [5, 5.41) is 11.2. The number of hydrogen-bond acceptors (Lipinski definition) is 3. The van der Waals surface area contributed by atoms with E-state index in [4.69, 9.17) is 10.2 Å². The molecule has 1 aliphatic rings. The third kappa shape index (κ3) is 1.28. The molecule has 0 spiro atoms. The molecule has 78 valence electrons. The van der Waals surface area contributed by atoms with Gasteiger partial charge in [-0.25, -0.2) is 0 Å². The monoisotopic (exact) mass is 203 g/mol. The summed E-state index contributed by atoms with van der Waals surface area (Å²) < 4.78 is 5.62. The zero-order chi connectivity index (χ0) is 10.5. The number of fused-ring (bicyclic) bond motifs is 1. The third-order valence-corrected chi connectivity index (χ3v) is 3.08. The summed E-state index contributed by atoms with van der Waals surface area (Å²) in [6.07, 6.45) is 1.18. The molecule has 0 atom stereocenters. The summed E-state index contributed by atoms with van der Waals surface area (Å²) in [7, 11) is 0. The van der Waals surface area contributed by atoms with Crippen LogP contribution in [0.25, 0.3) is 11.0 Å². The van der Waals surface area contributed by atoms with Crippen LogP contribution in [0.15, 0.2) is 34.7 Å². The van der Waals surface area contributed by atoms with E-state index in [-0.39, 0.29) is 6.04 Å². The Hall–Kier alpha value is -1.32. The lowest BCUT2D eigenvalue weighted by Gasteiger charge is -2.39. The molecule has 0 radical (unpaired) electrons. The molecule has 3 heteroatoms. The van der Waals surface area contributed by atoms with Gasteiger partial charge >= 0.3 is 0 Å². The van der Waals surface area contributed by atoms with Crippen LogP contribution in [0.3, 0.4) is 0 Å². The zero-order valence-corrected chi connectivity index (χ0v) is 8.31. The summed E-state index contributed by atoms with van der Waals surface area (Å²) in [5.41, 5.74) is 5.67. The summed E-state index contributed by atoms with van der Waals surface area (Å²) in [6.45, 7) is 0. The first kappa shape index (κ1) is 8.95. The fraction of sp³-hybridized carbons (Fsp3) is 0.333. The summed E-state index contributed by atoms with van der Waals surface area (Å²) >= 11 is 0. The molecule has 0 saturated heterocycles. The first-order chi connectivity index (χ1) is 7.17. The SMILES string of the molecule is NC1CC(O)(c2cc3ccccc3o2)C1. The first-order valence-corrected chi connectivity index (χ1v) is 5.14. The van der Waals surface area contributed by atoms with Crippen molar-refractivity contribution in [3.8, 4) is 0 Å². The molecular weight excluding hydrogens is 190 g/mol. The Bertz CT molecular complexity index is 464. The molecule has 0 bridgehead atoms. The lowest BCUT2D eigenvalue weighted by atomic mass is 9.74. The Kier molecular flexibility index (Phi) is 1.69. The van der Waals surface area contributed by atoms with Gasteiger partial charge in [-0.3, -0.25) is 0 Å². The Morgan fingerprint density at radius 1 is 1.33 bits per heavy atom. The highest BCUT2D eigenvalue weighted by atomic mass is 16.4. The number of para-hydroxylation sites is 1. The Morgan fingerprint density at radius 2 is 2.07 bits per heavy atom. The van der Waals surface area contributed by atoms with Crippen molar-refractivity contribution in [2.75, 3.05) is 0 Å². The average Bonchev–Trinajstić information content (AvgIpc) is 2.59. The van der Waals surface area contributed by atoms with E-state index < -0.39 is 5.60 Å². The van der Waals surface area contributed by atoms with Crippen LogP contribution < -0.4 is 5.73 Å². The van der Waals surface area contributed by atoms with Gasteiger partial charge < -0.3 is 15.3 Å². The molecule has 2 aromatic rings. The smallest absolute Gasteiger partial charge is 0.137 e. The van der Waals surface area contributed by atoms with E-state index >= 15 is 0 Å². The predicted molar refractivity (Wildman–Crippen MR) is 57.3 cm³/mol. The molecule has 3 nitrogen and oxygen atoms in total. The lowest BCUT2D eigenvalue weighted by Crippen LogP contribution is -2.48. The molecule has 1 saturated carbocycles. The zero-order valence-electron chi connectivity index (χ0n) is 8.31. The highest BCUT2D eigenvalue weighted by Crippen LogP contribution is 2.42. The van der Waals surface area contributed by atoms with Gasteiger partial charge in [-0.2, -0.15) is 0 Å². The summed E-state index contributed by atoms with van der Waals surface area (Å²) in [6, 6.07) is 9.76. The van der Waals surface area contributed by atoms with Crippen LogP contribution in [-0.4, -0.2) is 11.1 Å². The Labute approximate surface area is 87.5 Å². The van der Waals surface area contributed by atoms with Gasteiger partial charge in [0.15, 0.2) is 0 Å². The second-order valence-electron chi connectivity index (χ2n) is 4.35. The van der Waals surface area contributed by atoms with Gasteiger partial charge in [-0.05, 0) is 25.0 Å². The molecular formula is C12H13NO2. The van der Waals surface area contributed by atoms with E-state index in [0.717, 1.165) is 11.0 Å². The normalized spacial score (nSPS) is 30.4. The molecule has 1 fully saturated rings. The second kappa shape index (κ2) is 2.84. The molecule has 15 heavy (non-hydrogen) atoms. The molecule has 1 heterocycles. The van der Waals surface area contributed by atoms with Crippen molar-refractivity contribution in [1.82, 2.24) is 0 Å². The highest BCUT2D eigenvalue weighted by molar-refractivity contribution is 5.78. The minimum Gasteiger partial charge on any atom is -0.458 e. The largest absolute Gasteiger partial charge is 0.458 e. The van der Waals surface area contributed by atoms with Crippen LogP contribution in [0.4, 0.5) is 0 Å². The summed E-state index contributed by atoms with van der Waals surface area (Å²) in [5.74, 6) is 0.644. The molecule has 0 amide bonds. The van der Waals surface area contributed by atoms with Gasteiger partial charge in [0.1, 0.15) is 16.9 Å². The maximum Gasteiger partial charge on any atom is 0.137 e. The first-order valence-electron chi connectivity index (χ1n) is 5.14. The molecule has 1 aliphatic carbocycles. The molecule has 1 aromatic heterocycles. The van der Waals surface area contributed by atoms with Gasteiger partial charge in [0.2, 0.25) is 0 Å². The maximum absolute atomic E-state index is 10.2. The van der Waals surface area contributed by atoms with Crippen LogP contribution in [0.1, 0.15) is 18.6 Å². The maximum atomic E-state index is 10.2. The number of aliphatic hydroxyl groups is 1. The van der Waals surface area contributed by atoms with Crippen molar-refractivity contribution in [1.29, 1.82) is 0 Å². The van der Waals surface area contributed by atoms with Crippen LogP contribution in [-0.2, 0) is 5.60 Å². The highest BCUT2D eigenvalue weighted by Gasteiger charge is 2.44. The van der Waals surface area contributed by atoms with Crippen molar-refractivity contribution in [3.63, 3.8) is 0 Å². The van der Waals surface area contributed by atoms with Crippen molar-refractivity contribution in [2.45, 2.75) is 24.5 Å². The second-order valence-corrected chi connectivity index (χ2v) is 4.35. The quantitative estimate of drug-likeness (QED) is 0.742. The minimum atomic E-state index is -0.835. The fourth-order valence-electron chi connectivity index (χ4n) is 2.22. The number of rotatable bonds is 1. The van der Waals surface area contributed by atoms with E-state index in [1.807, 2.05) is 30.3 Å². The fourth-order valence-corrected chi connectivity index (χ4v) is 2.22. The predicted octanol–water partition coefficient (Wildman–Crippen LogP) is 1.74. The molecule has 1 aromatic carbocycles. The lowest BCUT2D eigenvalue weighted by molar-refractivity contribution is -0.0681. The Balaban J connectivity index is 2.05. The van der Waals surface area contributed by atoms with Crippen LogP contribution in [0, 0.1) is 0 Å². The average molecular weight is 203 g/mol. The minimum absolute atomic E-state index is 0.100. The van der Waals surface area contributed by atoms with Crippen molar-refractivity contribution in [2.24, 2.45) is 5.73 Å².